The van der Waals surface area contributed by atoms with Crippen LogP contribution in [0.5, 0.6) is 0 Å². The molecule has 0 amide bonds. The van der Waals surface area contributed by atoms with E-state index in [9.17, 15) is 13.2 Å². The molecule has 0 spiro atoms. The number of hydrogen-bond acceptors (Lipinski definition) is 0. The van der Waals surface area contributed by atoms with Crippen molar-refractivity contribution in [3.8, 4) is 0 Å². The first-order valence-corrected chi connectivity index (χ1v) is 5.93. The maximum Gasteiger partial charge on any atom is 0.416 e. The normalized spacial score (nSPS) is 21.2. The summed E-state index contributed by atoms with van der Waals surface area (Å²) in [5.74, 6) is 0. The third-order valence-electron chi connectivity index (χ3n) is 2.87. The van der Waals surface area contributed by atoms with Crippen LogP contribution in [0.4, 0.5) is 13.2 Å². The van der Waals surface area contributed by atoms with E-state index in [2.05, 4.69) is 0 Å². The number of rotatable bonds is 1. The van der Waals surface area contributed by atoms with Gasteiger partial charge in [-0.2, -0.15) is 13.2 Å². The molecule has 17 heavy (non-hydrogen) atoms. The van der Waals surface area contributed by atoms with Crippen molar-refractivity contribution >= 4 is 17.2 Å². The number of allylic oxidation sites excluding steroid dienone is 2. The lowest BCUT2D eigenvalue weighted by atomic mass is 9.92. The van der Waals surface area contributed by atoms with Crippen LogP contribution in [0.2, 0.25) is 0 Å². The smallest absolute Gasteiger partial charge is 0.166 e. The second-order valence-electron chi connectivity index (χ2n) is 4.18. The Labute approximate surface area is 103 Å². The van der Waals surface area contributed by atoms with E-state index in [1.807, 2.05) is 6.08 Å². The predicted molar refractivity (Wildman–Crippen MR) is 62.9 cm³/mol. The first-order valence-electron chi connectivity index (χ1n) is 5.49. The number of benzene rings is 1. The van der Waals surface area contributed by atoms with Crippen LogP contribution in [0.25, 0.3) is 5.57 Å². The minimum atomic E-state index is -4.29. The maximum absolute atomic E-state index is 12.6. The van der Waals surface area contributed by atoms with E-state index in [0.29, 0.717) is 5.56 Å². The van der Waals surface area contributed by atoms with Gasteiger partial charge >= 0.3 is 6.18 Å². The fourth-order valence-corrected chi connectivity index (χ4v) is 2.31. The molecule has 1 aromatic rings. The molecule has 0 fully saturated rings. The van der Waals surface area contributed by atoms with E-state index in [4.69, 9.17) is 11.6 Å². The molecule has 0 N–H and O–H groups in total. The topological polar surface area (TPSA) is 0 Å². The lowest BCUT2D eigenvalue weighted by Gasteiger charge is -2.17. The second kappa shape index (κ2) is 4.73. The maximum atomic E-state index is 12.6. The Morgan fingerprint density at radius 2 is 2.00 bits per heavy atom. The van der Waals surface area contributed by atoms with Crippen LogP contribution in [0.3, 0.4) is 0 Å². The van der Waals surface area contributed by atoms with E-state index < -0.39 is 11.7 Å². The summed E-state index contributed by atoms with van der Waals surface area (Å²) in [5, 5.41) is -0.0618. The van der Waals surface area contributed by atoms with Gasteiger partial charge in [-0.15, -0.1) is 11.6 Å². The summed E-state index contributed by atoms with van der Waals surface area (Å²) in [7, 11) is 0. The average Bonchev–Trinajstić information content (AvgIpc) is 2.28. The van der Waals surface area contributed by atoms with E-state index >= 15 is 0 Å². The quantitative estimate of drug-likeness (QED) is 0.631. The molecule has 0 nitrogen and oxygen atoms in total. The van der Waals surface area contributed by atoms with Crippen molar-refractivity contribution in [1.82, 2.24) is 0 Å². The van der Waals surface area contributed by atoms with Crippen molar-refractivity contribution in [1.29, 1.82) is 0 Å². The molecule has 1 aliphatic carbocycles. The fraction of sp³-hybridized carbons (Fsp3) is 0.385. The molecule has 2 rings (SSSR count). The molecule has 0 bridgehead atoms. The lowest BCUT2D eigenvalue weighted by Crippen LogP contribution is -2.07. The monoisotopic (exact) mass is 260 g/mol. The van der Waals surface area contributed by atoms with E-state index in [0.717, 1.165) is 30.9 Å². The second-order valence-corrected chi connectivity index (χ2v) is 4.74. The number of hydrogen-bond donors (Lipinski definition) is 0. The van der Waals surface area contributed by atoms with Crippen LogP contribution >= 0.6 is 11.6 Å². The molecule has 0 heterocycles. The van der Waals surface area contributed by atoms with Crippen LogP contribution < -0.4 is 0 Å². The van der Waals surface area contributed by atoms with E-state index in [1.54, 1.807) is 6.07 Å². The third-order valence-corrected chi connectivity index (χ3v) is 3.21. The summed E-state index contributed by atoms with van der Waals surface area (Å²) < 4.78 is 37.7. The molecular formula is C13H12ClF3. The molecule has 0 saturated carbocycles. The van der Waals surface area contributed by atoms with Crippen molar-refractivity contribution < 1.29 is 13.2 Å². The Hall–Kier alpha value is -0.960. The van der Waals surface area contributed by atoms with Gasteiger partial charge in [0.15, 0.2) is 0 Å². The largest absolute Gasteiger partial charge is 0.416 e. The van der Waals surface area contributed by atoms with Crippen LogP contribution in [0, 0.1) is 0 Å². The Kier molecular flexibility index (Phi) is 3.48. The zero-order valence-corrected chi connectivity index (χ0v) is 9.85. The summed E-state index contributed by atoms with van der Waals surface area (Å²) in [6.07, 6.45) is 0.191. The van der Waals surface area contributed by atoms with Crippen LogP contribution in [0.1, 0.15) is 30.4 Å². The number of halogens is 4. The van der Waals surface area contributed by atoms with Gasteiger partial charge in [0.2, 0.25) is 0 Å². The van der Waals surface area contributed by atoms with Gasteiger partial charge in [-0.3, -0.25) is 0 Å². The Bertz CT molecular complexity index is 435. The summed E-state index contributed by atoms with van der Waals surface area (Å²) in [6, 6.07) is 5.43. The van der Waals surface area contributed by atoms with E-state index in [-0.39, 0.29) is 5.38 Å². The molecular weight excluding hydrogens is 249 g/mol. The van der Waals surface area contributed by atoms with Gasteiger partial charge in [0, 0.05) is 0 Å². The van der Waals surface area contributed by atoms with Crippen molar-refractivity contribution in [2.24, 2.45) is 0 Å². The van der Waals surface area contributed by atoms with Crippen LogP contribution in [-0.4, -0.2) is 5.38 Å². The molecule has 1 aromatic carbocycles. The first kappa shape index (κ1) is 12.5. The van der Waals surface area contributed by atoms with Crippen molar-refractivity contribution in [2.45, 2.75) is 30.8 Å². The van der Waals surface area contributed by atoms with Gasteiger partial charge in [0.1, 0.15) is 0 Å². The lowest BCUT2D eigenvalue weighted by molar-refractivity contribution is -0.137. The number of alkyl halides is 4. The molecule has 0 aliphatic heterocycles. The third kappa shape index (κ3) is 3.03. The Morgan fingerprint density at radius 1 is 1.24 bits per heavy atom. The highest BCUT2D eigenvalue weighted by atomic mass is 35.5. The average molecular weight is 261 g/mol. The SMILES string of the molecule is FC(F)(F)c1cccc(C2=CC(Cl)CCC2)c1. The fourth-order valence-electron chi connectivity index (χ4n) is 2.01. The minimum Gasteiger partial charge on any atom is -0.166 e. The summed E-state index contributed by atoms with van der Waals surface area (Å²) in [5.41, 5.74) is 0.945. The molecule has 0 aromatic heterocycles. The first-order chi connectivity index (χ1) is 7.97. The van der Waals surface area contributed by atoms with Crippen molar-refractivity contribution in [3.63, 3.8) is 0 Å². The highest BCUT2D eigenvalue weighted by Gasteiger charge is 2.30. The van der Waals surface area contributed by atoms with Crippen LogP contribution in [-0.2, 0) is 6.18 Å². The molecule has 1 unspecified atom stereocenters. The van der Waals surface area contributed by atoms with Gasteiger partial charge in [-0.05, 0) is 42.5 Å². The highest BCUT2D eigenvalue weighted by molar-refractivity contribution is 6.22. The standard InChI is InChI=1S/C13H12ClF3/c14-12-6-2-4-10(8-12)9-3-1-5-11(7-9)13(15,16)17/h1,3,5,7-8,12H,2,4,6H2. The molecule has 0 saturated heterocycles. The summed E-state index contributed by atoms with van der Waals surface area (Å²) >= 11 is 5.99. The highest BCUT2D eigenvalue weighted by Crippen LogP contribution is 2.34. The molecule has 1 atom stereocenters. The van der Waals surface area contributed by atoms with Gasteiger partial charge in [0.25, 0.3) is 0 Å². The molecule has 92 valence electrons. The van der Waals surface area contributed by atoms with Crippen molar-refractivity contribution in [3.05, 3.63) is 41.5 Å². The zero-order chi connectivity index (χ0) is 12.5. The predicted octanol–water partition coefficient (Wildman–Crippen LogP) is 4.88. The summed E-state index contributed by atoms with van der Waals surface area (Å²) in [4.78, 5) is 0. The summed E-state index contributed by atoms with van der Waals surface area (Å²) in [6.45, 7) is 0. The van der Waals surface area contributed by atoms with Gasteiger partial charge in [-0.25, -0.2) is 0 Å². The molecule has 1 aliphatic rings. The van der Waals surface area contributed by atoms with Gasteiger partial charge in [-0.1, -0.05) is 18.2 Å². The van der Waals surface area contributed by atoms with Gasteiger partial charge < -0.3 is 0 Å². The van der Waals surface area contributed by atoms with Crippen molar-refractivity contribution in [2.75, 3.05) is 0 Å². The van der Waals surface area contributed by atoms with Gasteiger partial charge in [0.05, 0.1) is 10.9 Å². The molecule has 0 radical (unpaired) electrons. The Balaban J connectivity index is 2.34. The zero-order valence-electron chi connectivity index (χ0n) is 9.10. The molecule has 4 heteroatoms. The minimum absolute atomic E-state index is 0.0618. The van der Waals surface area contributed by atoms with E-state index in [1.165, 1.54) is 12.1 Å². The van der Waals surface area contributed by atoms with Crippen LogP contribution in [0.15, 0.2) is 30.3 Å². The Morgan fingerprint density at radius 3 is 2.65 bits per heavy atom.